The summed E-state index contributed by atoms with van der Waals surface area (Å²) in [7, 11) is 3.03. The van der Waals surface area contributed by atoms with Crippen molar-refractivity contribution in [3.05, 3.63) is 47.5 Å². The van der Waals surface area contributed by atoms with Crippen LogP contribution in [0.15, 0.2) is 36.4 Å². The summed E-state index contributed by atoms with van der Waals surface area (Å²) in [5, 5.41) is 2.89. The predicted octanol–water partition coefficient (Wildman–Crippen LogP) is 3.78. The fraction of sp³-hybridized carbons (Fsp3) is 0.333. The van der Waals surface area contributed by atoms with Gasteiger partial charge in [-0.15, -0.1) is 0 Å². The van der Waals surface area contributed by atoms with Crippen LogP contribution in [-0.2, 0) is 4.79 Å². The summed E-state index contributed by atoms with van der Waals surface area (Å²) >= 11 is 0. The molecular weight excluding hydrogens is 344 g/mol. The minimum atomic E-state index is -0.285. The van der Waals surface area contributed by atoms with Crippen molar-refractivity contribution in [1.29, 1.82) is 0 Å². The van der Waals surface area contributed by atoms with Crippen LogP contribution >= 0.6 is 0 Å². The average molecular weight is 368 g/mol. The summed E-state index contributed by atoms with van der Waals surface area (Å²) in [5.74, 6) is 0.763. The van der Waals surface area contributed by atoms with Crippen molar-refractivity contribution in [3.63, 3.8) is 0 Å². The smallest absolute Gasteiger partial charge is 0.259 e. The number of benzene rings is 2. The highest BCUT2D eigenvalue weighted by atomic mass is 16.5. The lowest BCUT2D eigenvalue weighted by Gasteiger charge is -2.28. The second kappa shape index (κ2) is 8.12. The summed E-state index contributed by atoms with van der Waals surface area (Å²) < 4.78 is 10.6. The molecule has 1 saturated heterocycles. The van der Waals surface area contributed by atoms with Crippen molar-refractivity contribution in [2.24, 2.45) is 0 Å². The zero-order chi connectivity index (χ0) is 19.4. The van der Waals surface area contributed by atoms with Crippen LogP contribution in [0.4, 0.5) is 11.4 Å². The Morgan fingerprint density at radius 1 is 1.11 bits per heavy atom. The second-order valence-corrected chi connectivity index (χ2v) is 6.50. The van der Waals surface area contributed by atoms with Crippen molar-refractivity contribution < 1.29 is 19.1 Å². The number of carbonyl (C=O) groups excluding carboxylic acids is 2. The number of aryl methyl sites for hydroxylation is 1. The lowest BCUT2D eigenvalue weighted by Crippen LogP contribution is -2.35. The number of nitrogens with zero attached hydrogens (tertiary/aromatic N) is 1. The Morgan fingerprint density at radius 2 is 1.93 bits per heavy atom. The molecule has 3 rings (SSSR count). The molecule has 0 aromatic heterocycles. The van der Waals surface area contributed by atoms with Crippen molar-refractivity contribution in [1.82, 2.24) is 0 Å². The van der Waals surface area contributed by atoms with E-state index < -0.39 is 0 Å². The lowest BCUT2D eigenvalue weighted by molar-refractivity contribution is -0.119. The van der Waals surface area contributed by atoms with Gasteiger partial charge < -0.3 is 19.7 Å². The number of para-hydroxylation sites is 1. The molecule has 27 heavy (non-hydrogen) atoms. The molecule has 1 fully saturated rings. The molecule has 0 spiro atoms. The zero-order valence-electron chi connectivity index (χ0n) is 15.9. The number of piperidine rings is 1. The molecule has 2 aromatic rings. The molecule has 1 aliphatic heterocycles. The average Bonchev–Trinajstić information content (AvgIpc) is 2.68. The van der Waals surface area contributed by atoms with Crippen molar-refractivity contribution >= 4 is 23.2 Å². The molecule has 0 bridgehead atoms. The van der Waals surface area contributed by atoms with E-state index in [2.05, 4.69) is 5.32 Å². The fourth-order valence-electron chi connectivity index (χ4n) is 3.36. The van der Waals surface area contributed by atoms with E-state index in [4.69, 9.17) is 9.47 Å². The first kappa shape index (κ1) is 18.8. The zero-order valence-corrected chi connectivity index (χ0v) is 15.9. The number of hydrogen-bond acceptors (Lipinski definition) is 4. The highest BCUT2D eigenvalue weighted by molar-refractivity contribution is 6.07. The number of hydrogen-bond donors (Lipinski definition) is 1. The number of carbonyl (C=O) groups is 2. The van der Waals surface area contributed by atoms with Gasteiger partial charge >= 0.3 is 0 Å². The quantitative estimate of drug-likeness (QED) is 0.872. The number of methoxy groups -OCH3 is 2. The molecule has 6 nitrogen and oxygen atoms in total. The highest BCUT2D eigenvalue weighted by Gasteiger charge is 2.21. The van der Waals surface area contributed by atoms with Gasteiger partial charge in [-0.1, -0.05) is 6.07 Å². The van der Waals surface area contributed by atoms with Crippen molar-refractivity contribution in [2.75, 3.05) is 31.0 Å². The Morgan fingerprint density at radius 3 is 2.59 bits per heavy atom. The van der Waals surface area contributed by atoms with E-state index in [0.29, 0.717) is 29.2 Å². The molecule has 142 valence electrons. The Bertz CT molecular complexity index is 863. The van der Waals surface area contributed by atoms with Crippen LogP contribution in [-0.4, -0.2) is 32.6 Å². The molecule has 0 unspecified atom stereocenters. The van der Waals surface area contributed by atoms with Gasteiger partial charge in [0.2, 0.25) is 5.91 Å². The van der Waals surface area contributed by atoms with Crippen LogP contribution in [0.5, 0.6) is 11.5 Å². The fourth-order valence-corrected chi connectivity index (χ4v) is 3.36. The van der Waals surface area contributed by atoms with E-state index in [-0.39, 0.29) is 11.8 Å². The van der Waals surface area contributed by atoms with Gasteiger partial charge in [-0.25, -0.2) is 0 Å². The van der Waals surface area contributed by atoms with Crippen LogP contribution in [0, 0.1) is 6.92 Å². The summed E-state index contributed by atoms with van der Waals surface area (Å²) in [4.78, 5) is 26.7. The molecule has 1 aliphatic rings. The molecule has 1 heterocycles. The Kier molecular flexibility index (Phi) is 5.64. The third kappa shape index (κ3) is 3.89. The molecule has 0 radical (unpaired) electrons. The minimum absolute atomic E-state index is 0.155. The molecule has 1 N–H and O–H groups in total. The summed E-state index contributed by atoms with van der Waals surface area (Å²) in [5.41, 5.74) is 2.90. The number of nitrogens with one attached hydrogen (secondary N) is 1. The summed E-state index contributed by atoms with van der Waals surface area (Å²) in [6.07, 6.45) is 2.55. The summed E-state index contributed by atoms with van der Waals surface area (Å²) in [6, 6.07) is 10.7. The van der Waals surface area contributed by atoms with Gasteiger partial charge in [-0.3, -0.25) is 9.59 Å². The van der Waals surface area contributed by atoms with Gasteiger partial charge in [0.15, 0.2) is 11.5 Å². The molecule has 2 aromatic carbocycles. The Labute approximate surface area is 159 Å². The lowest BCUT2D eigenvalue weighted by atomic mass is 10.1. The molecule has 6 heteroatoms. The molecular formula is C21H24N2O4. The number of rotatable bonds is 5. The van der Waals surface area contributed by atoms with Gasteiger partial charge in [-0.05, 0) is 55.7 Å². The van der Waals surface area contributed by atoms with E-state index in [1.165, 1.54) is 14.2 Å². The second-order valence-electron chi connectivity index (χ2n) is 6.50. The predicted molar refractivity (Wildman–Crippen MR) is 105 cm³/mol. The molecule has 0 atom stereocenters. The van der Waals surface area contributed by atoms with Crippen LogP contribution in [0.2, 0.25) is 0 Å². The third-order valence-electron chi connectivity index (χ3n) is 4.72. The van der Waals surface area contributed by atoms with Gasteiger partial charge in [0.1, 0.15) is 0 Å². The monoisotopic (exact) mass is 368 g/mol. The molecule has 0 saturated carbocycles. The largest absolute Gasteiger partial charge is 0.493 e. The minimum Gasteiger partial charge on any atom is -0.493 e. The maximum atomic E-state index is 12.7. The molecule has 2 amide bonds. The van der Waals surface area contributed by atoms with Crippen LogP contribution in [0.1, 0.15) is 35.2 Å². The maximum absolute atomic E-state index is 12.7. The van der Waals surface area contributed by atoms with E-state index in [1.807, 2.05) is 30.0 Å². The number of ether oxygens (including phenoxy) is 2. The molecule has 0 aliphatic carbocycles. The summed E-state index contributed by atoms with van der Waals surface area (Å²) in [6.45, 7) is 2.69. The van der Waals surface area contributed by atoms with Gasteiger partial charge in [0.25, 0.3) is 5.91 Å². The van der Waals surface area contributed by atoms with Gasteiger partial charge in [-0.2, -0.15) is 0 Å². The van der Waals surface area contributed by atoms with E-state index in [1.54, 1.807) is 18.2 Å². The van der Waals surface area contributed by atoms with Crippen LogP contribution in [0.25, 0.3) is 0 Å². The number of anilines is 2. The first-order valence-electron chi connectivity index (χ1n) is 8.98. The number of amides is 2. The first-order valence-corrected chi connectivity index (χ1v) is 8.98. The van der Waals surface area contributed by atoms with Crippen molar-refractivity contribution in [3.8, 4) is 11.5 Å². The van der Waals surface area contributed by atoms with E-state index in [9.17, 15) is 9.59 Å². The maximum Gasteiger partial charge on any atom is 0.259 e. The Hall–Kier alpha value is -3.02. The van der Waals surface area contributed by atoms with E-state index >= 15 is 0 Å². The highest BCUT2D eigenvalue weighted by Crippen LogP contribution is 2.32. The topological polar surface area (TPSA) is 67.9 Å². The van der Waals surface area contributed by atoms with E-state index in [0.717, 1.165) is 30.6 Å². The van der Waals surface area contributed by atoms with Crippen LogP contribution < -0.4 is 19.7 Å². The van der Waals surface area contributed by atoms with Crippen LogP contribution in [0.3, 0.4) is 0 Å². The normalized spacial score (nSPS) is 14.0. The van der Waals surface area contributed by atoms with Gasteiger partial charge in [0.05, 0.1) is 19.8 Å². The van der Waals surface area contributed by atoms with Gasteiger partial charge in [0, 0.05) is 24.3 Å². The standard InChI is InChI=1S/C21H24N2O4/c1-14-13-15(10-11-17(14)23-12-5-4-9-19(23)24)22-21(25)16-7-6-8-18(26-2)20(16)27-3/h6-8,10-11,13H,4-5,9,12H2,1-3H3,(H,22,25). The van der Waals surface area contributed by atoms with Crippen molar-refractivity contribution in [2.45, 2.75) is 26.2 Å². The third-order valence-corrected chi connectivity index (χ3v) is 4.72. The first-order chi connectivity index (χ1) is 13.0. The Balaban J connectivity index is 1.81. The SMILES string of the molecule is COc1cccc(C(=O)Nc2ccc(N3CCCCC3=O)c(C)c2)c1OC.